The van der Waals surface area contributed by atoms with E-state index in [4.69, 9.17) is 10.5 Å². The Labute approximate surface area is 73.8 Å². The van der Waals surface area contributed by atoms with E-state index in [-0.39, 0.29) is 0 Å². The molecule has 2 bridgehead atoms. The first kappa shape index (κ1) is 8.27. The Morgan fingerprint density at radius 1 is 1.33 bits per heavy atom. The molecule has 12 heavy (non-hydrogen) atoms. The predicted molar refractivity (Wildman–Crippen MR) is 48.6 cm³/mol. The number of hydrogen-bond donors (Lipinski definition) is 1. The van der Waals surface area contributed by atoms with Crippen LogP contribution < -0.4 is 5.73 Å². The highest BCUT2D eigenvalue weighted by Gasteiger charge is 2.43. The summed E-state index contributed by atoms with van der Waals surface area (Å²) in [4.78, 5) is 0. The molecule has 2 heteroatoms. The lowest BCUT2D eigenvalue weighted by atomic mass is 9.84. The quantitative estimate of drug-likeness (QED) is 0.637. The van der Waals surface area contributed by atoms with E-state index in [1.165, 1.54) is 6.42 Å². The topological polar surface area (TPSA) is 35.2 Å². The van der Waals surface area contributed by atoms with Crippen LogP contribution in [0.25, 0.3) is 0 Å². The fourth-order valence-corrected chi connectivity index (χ4v) is 2.82. The van der Waals surface area contributed by atoms with Crippen LogP contribution in [-0.2, 0) is 4.74 Å². The first-order chi connectivity index (χ1) is 5.86. The zero-order valence-corrected chi connectivity index (χ0v) is 7.57. The van der Waals surface area contributed by atoms with Gasteiger partial charge in [-0.05, 0) is 36.6 Å². The van der Waals surface area contributed by atoms with Gasteiger partial charge in [-0.3, -0.25) is 0 Å². The Balaban J connectivity index is 2.07. The molecule has 1 fully saturated rings. The minimum atomic E-state index is 0.681. The number of hydrogen-bond acceptors (Lipinski definition) is 2. The minimum Gasteiger partial charge on any atom is -0.384 e. The van der Waals surface area contributed by atoms with Gasteiger partial charge in [0.15, 0.2) is 0 Å². The normalized spacial score (nSPS) is 44.2. The molecule has 0 saturated heterocycles. The van der Waals surface area contributed by atoms with E-state index in [0.29, 0.717) is 11.8 Å². The summed E-state index contributed by atoms with van der Waals surface area (Å²) in [5.74, 6) is 2.87. The average Bonchev–Trinajstić information content (AvgIpc) is 2.64. The van der Waals surface area contributed by atoms with Crippen molar-refractivity contribution in [1.82, 2.24) is 0 Å². The van der Waals surface area contributed by atoms with E-state index in [0.717, 1.165) is 25.0 Å². The second-order valence-electron chi connectivity index (χ2n) is 3.97. The second-order valence-corrected chi connectivity index (χ2v) is 3.97. The van der Waals surface area contributed by atoms with Gasteiger partial charge in [-0.25, -0.2) is 0 Å². The standard InChI is InChI=1S/C10H17NO/c1-12-6-10-8-3-2-7(4-8)9(10)5-11/h2-3,7-10H,4-6,11H2,1H3. The van der Waals surface area contributed by atoms with Crippen LogP contribution in [0, 0.1) is 23.7 Å². The summed E-state index contributed by atoms with van der Waals surface area (Å²) in [7, 11) is 1.78. The molecule has 68 valence electrons. The van der Waals surface area contributed by atoms with E-state index in [9.17, 15) is 0 Å². The van der Waals surface area contributed by atoms with Gasteiger partial charge in [0.05, 0.1) is 0 Å². The lowest BCUT2D eigenvalue weighted by Crippen LogP contribution is -2.29. The highest BCUT2D eigenvalue weighted by molar-refractivity contribution is 5.13. The second kappa shape index (κ2) is 3.19. The maximum absolute atomic E-state index is 5.75. The fourth-order valence-electron chi connectivity index (χ4n) is 2.82. The minimum absolute atomic E-state index is 0.681. The van der Waals surface area contributed by atoms with Crippen LogP contribution in [-0.4, -0.2) is 20.3 Å². The molecule has 0 aromatic rings. The Hall–Kier alpha value is -0.340. The fraction of sp³-hybridized carbons (Fsp3) is 0.800. The summed E-state index contributed by atoms with van der Waals surface area (Å²) >= 11 is 0. The molecule has 1 saturated carbocycles. The Kier molecular flexibility index (Phi) is 2.20. The van der Waals surface area contributed by atoms with E-state index in [1.54, 1.807) is 7.11 Å². The van der Waals surface area contributed by atoms with Gasteiger partial charge in [0, 0.05) is 13.7 Å². The van der Waals surface area contributed by atoms with E-state index < -0.39 is 0 Å². The van der Waals surface area contributed by atoms with Crippen molar-refractivity contribution in [2.24, 2.45) is 29.4 Å². The molecule has 2 aliphatic rings. The molecule has 0 aromatic heterocycles. The molecule has 4 atom stereocenters. The Morgan fingerprint density at radius 3 is 2.58 bits per heavy atom. The number of fused-ring (bicyclic) bond motifs is 2. The molecule has 2 nitrogen and oxygen atoms in total. The molecular formula is C10H17NO. The lowest BCUT2D eigenvalue weighted by Gasteiger charge is -2.25. The molecular weight excluding hydrogens is 150 g/mol. The molecule has 0 aliphatic heterocycles. The summed E-state index contributed by atoms with van der Waals surface area (Å²) in [5.41, 5.74) is 5.75. The van der Waals surface area contributed by atoms with Gasteiger partial charge >= 0.3 is 0 Å². The van der Waals surface area contributed by atoms with Crippen molar-refractivity contribution in [3.8, 4) is 0 Å². The van der Waals surface area contributed by atoms with Gasteiger partial charge in [0.2, 0.25) is 0 Å². The van der Waals surface area contributed by atoms with E-state index >= 15 is 0 Å². The van der Waals surface area contributed by atoms with Crippen LogP contribution in [0.4, 0.5) is 0 Å². The van der Waals surface area contributed by atoms with Crippen molar-refractivity contribution in [2.75, 3.05) is 20.3 Å². The third-order valence-electron chi connectivity index (χ3n) is 3.43. The van der Waals surface area contributed by atoms with Crippen LogP contribution in [0.5, 0.6) is 0 Å². The summed E-state index contributed by atoms with van der Waals surface area (Å²) in [6, 6.07) is 0. The van der Waals surface area contributed by atoms with Crippen LogP contribution in [0.1, 0.15) is 6.42 Å². The predicted octanol–water partition coefficient (Wildman–Crippen LogP) is 1.03. The highest BCUT2D eigenvalue weighted by Crippen LogP contribution is 2.47. The van der Waals surface area contributed by atoms with Crippen LogP contribution in [0.2, 0.25) is 0 Å². The molecule has 2 aliphatic carbocycles. The van der Waals surface area contributed by atoms with Crippen molar-refractivity contribution in [1.29, 1.82) is 0 Å². The maximum atomic E-state index is 5.75. The molecule has 0 aromatic carbocycles. The monoisotopic (exact) mass is 167 g/mol. The SMILES string of the molecule is COCC1C2C=CC(C2)C1CN. The first-order valence-electron chi connectivity index (χ1n) is 4.74. The van der Waals surface area contributed by atoms with Crippen molar-refractivity contribution in [3.63, 3.8) is 0 Å². The summed E-state index contributed by atoms with van der Waals surface area (Å²) in [5, 5.41) is 0. The van der Waals surface area contributed by atoms with Gasteiger partial charge < -0.3 is 10.5 Å². The summed E-state index contributed by atoms with van der Waals surface area (Å²) in [6.07, 6.45) is 6.00. The van der Waals surface area contributed by atoms with E-state index in [2.05, 4.69) is 12.2 Å². The summed E-state index contributed by atoms with van der Waals surface area (Å²) in [6.45, 7) is 1.70. The molecule has 2 N–H and O–H groups in total. The highest BCUT2D eigenvalue weighted by atomic mass is 16.5. The van der Waals surface area contributed by atoms with Gasteiger partial charge in [-0.15, -0.1) is 0 Å². The molecule has 0 radical (unpaired) electrons. The number of methoxy groups -OCH3 is 1. The molecule has 0 spiro atoms. The van der Waals surface area contributed by atoms with Gasteiger partial charge in [-0.1, -0.05) is 12.2 Å². The van der Waals surface area contributed by atoms with Gasteiger partial charge in [0.25, 0.3) is 0 Å². The largest absolute Gasteiger partial charge is 0.384 e. The zero-order chi connectivity index (χ0) is 8.55. The molecule has 0 amide bonds. The molecule has 2 rings (SSSR count). The van der Waals surface area contributed by atoms with Crippen molar-refractivity contribution < 1.29 is 4.74 Å². The third kappa shape index (κ3) is 1.10. The Morgan fingerprint density at radius 2 is 2.00 bits per heavy atom. The number of ether oxygens (including phenoxy) is 1. The van der Waals surface area contributed by atoms with Crippen LogP contribution in [0.15, 0.2) is 12.2 Å². The van der Waals surface area contributed by atoms with Crippen molar-refractivity contribution >= 4 is 0 Å². The average molecular weight is 167 g/mol. The number of rotatable bonds is 3. The first-order valence-corrected chi connectivity index (χ1v) is 4.74. The molecule has 0 heterocycles. The lowest BCUT2D eigenvalue weighted by molar-refractivity contribution is 0.115. The maximum Gasteiger partial charge on any atom is 0.0499 e. The smallest absolute Gasteiger partial charge is 0.0499 e. The van der Waals surface area contributed by atoms with Crippen molar-refractivity contribution in [3.05, 3.63) is 12.2 Å². The number of nitrogens with two attached hydrogens (primary N) is 1. The Bertz CT molecular complexity index is 190. The van der Waals surface area contributed by atoms with Crippen LogP contribution >= 0.6 is 0 Å². The van der Waals surface area contributed by atoms with Crippen molar-refractivity contribution in [2.45, 2.75) is 6.42 Å². The summed E-state index contributed by atoms with van der Waals surface area (Å²) < 4.78 is 5.22. The van der Waals surface area contributed by atoms with Gasteiger partial charge in [-0.2, -0.15) is 0 Å². The third-order valence-corrected chi connectivity index (χ3v) is 3.43. The molecule has 4 unspecified atom stereocenters. The van der Waals surface area contributed by atoms with E-state index in [1.807, 2.05) is 0 Å². The number of allylic oxidation sites excluding steroid dienone is 2. The van der Waals surface area contributed by atoms with Gasteiger partial charge in [0.1, 0.15) is 0 Å². The van der Waals surface area contributed by atoms with Crippen LogP contribution in [0.3, 0.4) is 0 Å². The zero-order valence-electron chi connectivity index (χ0n) is 7.57.